The normalized spacial score (nSPS) is 22.1. The van der Waals surface area contributed by atoms with Crippen molar-refractivity contribution in [3.63, 3.8) is 0 Å². The van der Waals surface area contributed by atoms with Crippen LogP contribution < -0.4 is 14.7 Å². The molecule has 6 nitrogen and oxygen atoms in total. The van der Waals surface area contributed by atoms with E-state index in [1.165, 1.54) is 4.90 Å². The lowest BCUT2D eigenvalue weighted by atomic mass is 9.90. The fraction of sp³-hybridized carbons (Fsp3) is 0.200. The molecular formula is C25H20Cl2N2O4. The molecule has 0 bridgehead atoms. The molecule has 0 spiro atoms. The van der Waals surface area contributed by atoms with E-state index in [1.807, 2.05) is 37.3 Å². The van der Waals surface area contributed by atoms with Crippen molar-refractivity contribution in [3.05, 3.63) is 88.4 Å². The minimum Gasteiger partial charge on any atom is -0.494 e. The summed E-state index contributed by atoms with van der Waals surface area (Å²) in [6.07, 6.45) is -0.981. The van der Waals surface area contributed by atoms with Crippen LogP contribution in [0.3, 0.4) is 0 Å². The maximum Gasteiger partial charge on any atom is 0.266 e. The molecule has 2 amide bonds. The zero-order chi connectivity index (χ0) is 23.1. The highest BCUT2D eigenvalue weighted by Crippen LogP contribution is 2.49. The largest absolute Gasteiger partial charge is 0.494 e. The van der Waals surface area contributed by atoms with E-state index in [0.29, 0.717) is 39.3 Å². The van der Waals surface area contributed by atoms with Gasteiger partial charge in [-0.3, -0.25) is 14.4 Å². The van der Waals surface area contributed by atoms with E-state index in [2.05, 4.69) is 0 Å². The van der Waals surface area contributed by atoms with Crippen LogP contribution in [0, 0.1) is 5.92 Å². The predicted octanol–water partition coefficient (Wildman–Crippen LogP) is 5.44. The van der Waals surface area contributed by atoms with Crippen LogP contribution in [0.1, 0.15) is 18.5 Å². The van der Waals surface area contributed by atoms with Crippen molar-refractivity contribution in [1.29, 1.82) is 0 Å². The van der Waals surface area contributed by atoms with E-state index >= 15 is 0 Å². The van der Waals surface area contributed by atoms with E-state index in [9.17, 15) is 9.59 Å². The van der Waals surface area contributed by atoms with Crippen molar-refractivity contribution in [2.24, 2.45) is 5.92 Å². The quantitative estimate of drug-likeness (QED) is 0.453. The lowest BCUT2D eigenvalue weighted by Crippen LogP contribution is -2.37. The molecule has 168 valence electrons. The van der Waals surface area contributed by atoms with Crippen LogP contribution >= 0.6 is 23.2 Å². The fourth-order valence-corrected chi connectivity index (χ4v) is 4.92. The molecular weight excluding hydrogens is 463 g/mol. The highest BCUT2D eigenvalue weighted by atomic mass is 35.5. The number of imide groups is 1. The van der Waals surface area contributed by atoms with Gasteiger partial charge in [0.15, 0.2) is 6.10 Å². The van der Waals surface area contributed by atoms with Crippen LogP contribution in [-0.2, 0) is 14.4 Å². The molecule has 0 N–H and O–H groups in total. The third kappa shape index (κ3) is 3.74. The van der Waals surface area contributed by atoms with Gasteiger partial charge in [-0.05, 0) is 48.9 Å². The Morgan fingerprint density at radius 3 is 2.39 bits per heavy atom. The molecule has 2 saturated heterocycles. The van der Waals surface area contributed by atoms with Crippen molar-refractivity contribution < 1.29 is 19.2 Å². The van der Waals surface area contributed by atoms with Crippen LogP contribution in [0.5, 0.6) is 5.75 Å². The van der Waals surface area contributed by atoms with E-state index in [1.54, 1.807) is 47.5 Å². The van der Waals surface area contributed by atoms with Gasteiger partial charge in [0.05, 0.1) is 24.0 Å². The Labute approximate surface area is 201 Å². The summed E-state index contributed by atoms with van der Waals surface area (Å²) in [6, 6.07) is 20.7. The summed E-state index contributed by atoms with van der Waals surface area (Å²) in [4.78, 5) is 34.4. The molecule has 33 heavy (non-hydrogen) atoms. The van der Waals surface area contributed by atoms with Crippen molar-refractivity contribution >= 4 is 46.4 Å². The monoisotopic (exact) mass is 482 g/mol. The predicted molar refractivity (Wildman–Crippen MR) is 127 cm³/mol. The molecule has 5 rings (SSSR count). The second kappa shape index (κ2) is 8.71. The Balaban J connectivity index is 1.58. The Morgan fingerprint density at radius 2 is 1.67 bits per heavy atom. The summed E-state index contributed by atoms with van der Waals surface area (Å²) >= 11 is 12.7. The van der Waals surface area contributed by atoms with Crippen molar-refractivity contribution in [2.45, 2.75) is 19.1 Å². The number of halogens is 2. The Morgan fingerprint density at radius 1 is 0.909 bits per heavy atom. The van der Waals surface area contributed by atoms with Crippen LogP contribution in [0.15, 0.2) is 72.8 Å². The summed E-state index contributed by atoms with van der Waals surface area (Å²) in [7, 11) is 0. The number of carbonyl (C=O) groups excluding carboxylic acids is 2. The second-order valence-corrected chi connectivity index (χ2v) is 8.61. The maximum absolute atomic E-state index is 13.7. The average Bonchev–Trinajstić information content (AvgIpc) is 3.31. The first kappa shape index (κ1) is 21.8. The summed E-state index contributed by atoms with van der Waals surface area (Å²) in [5.41, 5.74) is 1.82. The minimum absolute atomic E-state index is 0.354. The highest BCUT2D eigenvalue weighted by molar-refractivity contribution is 6.35. The number of fused-ring (bicyclic) bond motifs is 1. The number of nitrogens with zero attached hydrogens (tertiary/aromatic N) is 2. The minimum atomic E-state index is -0.981. The van der Waals surface area contributed by atoms with Crippen LogP contribution in [0.4, 0.5) is 11.4 Å². The molecule has 3 atom stereocenters. The lowest BCUT2D eigenvalue weighted by molar-refractivity contribution is -0.126. The number of para-hydroxylation sites is 1. The molecule has 2 fully saturated rings. The maximum atomic E-state index is 13.7. The SMILES string of the molecule is CCOc1cccc(N2C(=O)[C@H]3[C@H](ON(c4ccccc4)[C@@H]3c3ccc(Cl)cc3Cl)C2=O)c1. The first-order chi connectivity index (χ1) is 16.0. The van der Waals surface area contributed by atoms with Crippen molar-refractivity contribution in [3.8, 4) is 5.75 Å². The summed E-state index contributed by atoms with van der Waals surface area (Å²) < 4.78 is 5.54. The number of hydrogen-bond donors (Lipinski definition) is 0. The molecule has 0 radical (unpaired) electrons. The zero-order valence-corrected chi connectivity index (χ0v) is 19.2. The Hall–Kier alpha value is -3.06. The van der Waals surface area contributed by atoms with E-state index in [-0.39, 0.29) is 5.91 Å². The van der Waals surface area contributed by atoms with E-state index < -0.39 is 24.0 Å². The topological polar surface area (TPSA) is 59.1 Å². The van der Waals surface area contributed by atoms with Crippen molar-refractivity contribution in [1.82, 2.24) is 0 Å². The van der Waals surface area contributed by atoms with Crippen LogP contribution in [0.25, 0.3) is 0 Å². The second-order valence-electron chi connectivity index (χ2n) is 7.77. The number of rotatable bonds is 5. The van der Waals surface area contributed by atoms with Gasteiger partial charge in [-0.25, -0.2) is 9.96 Å². The number of anilines is 2. The van der Waals surface area contributed by atoms with Gasteiger partial charge in [0.2, 0.25) is 5.91 Å². The van der Waals surface area contributed by atoms with Gasteiger partial charge in [0.25, 0.3) is 5.91 Å². The van der Waals surface area contributed by atoms with Gasteiger partial charge in [-0.15, -0.1) is 0 Å². The molecule has 3 aromatic carbocycles. The van der Waals surface area contributed by atoms with Gasteiger partial charge >= 0.3 is 0 Å². The lowest BCUT2D eigenvalue weighted by Gasteiger charge is -2.29. The van der Waals surface area contributed by atoms with Crippen molar-refractivity contribution in [2.75, 3.05) is 16.6 Å². The molecule has 8 heteroatoms. The van der Waals surface area contributed by atoms with Gasteiger partial charge in [0.1, 0.15) is 11.7 Å². The number of amides is 2. The molecule has 0 unspecified atom stereocenters. The molecule has 0 aromatic heterocycles. The summed E-state index contributed by atoms with van der Waals surface area (Å²) in [5, 5.41) is 2.48. The van der Waals surface area contributed by atoms with Gasteiger partial charge in [-0.1, -0.05) is 53.5 Å². The Kier molecular flexibility index (Phi) is 5.74. The zero-order valence-electron chi connectivity index (χ0n) is 17.7. The Bertz CT molecular complexity index is 1220. The van der Waals surface area contributed by atoms with Gasteiger partial charge in [0, 0.05) is 16.1 Å². The molecule has 0 saturated carbocycles. The van der Waals surface area contributed by atoms with Crippen LogP contribution in [0.2, 0.25) is 10.0 Å². The molecule has 2 aliphatic heterocycles. The number of hydrogen-bond acceptors (Lipinski definition) is 5. The molecule has 2 aliphatic rings. The number of hydroxylamine groups is 1. The number of benzene rings is 3. The third-order valence-electron chi connectivity index (χ3n) is 5.79. The average molecular weight is 483 g/mol. The standard InChI is InChI=1S/C25H20Cl2N2O4/c1-2-32-18-10-6-9-17(14-18)28-24(30)21-22(19-12-11-15(26)13-20(19)27)29(33-23(21)25(28)31)16-7-4-3-5-8-16/h3-14,21-23H,2H2,1H3/t21-,22-,23+/m1/s1. The molecule has 3 aromatic rings. The molecule has 2 heterocycles. The van der Waals surface area contributed by atoms with Gasteiger partial charge < -0.3 is 4.74 Å². The molecule has 0 aliphatic carbocycles. The summed E-state index contributed by atoms with van der Waals surface area (Å²) in [5.74, 6) is -0.982. The smallest absolute Gasteiger partial charge is 0.266 e. The fourth-order valence-electron chi connectivity index (χ4n) is 4.40. The summed E-state index contributed by atoms with van der Waals surface area (Å²) in [6.45, 7) is 2.35. The van der Waals surface area contributed by atoms with E-state index in [4.69, 9.17) is 32.8 Å². The highest BCUT2D eigenvalue weighted by Gasteiger charge is 2.60. The first-order valence-electron chi connectivity index (χ1n) is 10.6. The number of ether oxygens (including phenoxy) is 1. The van der Waals surface area contributed by atoms with Crippen LogP contribution in [-0.4, -0.2) is 24.5 Å². The third-order valence-corrected chi connectivity index (χ3v) is 6.36. The number of carbonyl (C=O) groups is 2. The first-order valence-corrected chi connectivity index (χ1v) is 11.3. The van der Waals surface area contributed by atoms with Gasteiger partial charge in [-0.2, -0.15) is 0 Å². The van der Waals surface area contributed by atoms with E-state index in [0.717, 1.165) is 0 Å².